The van der Waals surface area contributed by atoms with E-state index in [2.05, 4.69) is 5.32 Å². The van der Waals surface area contributed by atoms with Crippen molar-refractivity contribution in [2.45, 2.75) is 12.8 Å². The van der Waals surface area contributed by atoms with Crippen molar-refractivity contribution in [3.8, 4) is 0 Å². The molecule has 1 aliphatic heterocycles. The molecule has 2 amide bonds. The van der Waals surface area contributed by atoms with Crippen LogP contribution in [0.15, 0.2) is 48.5 Å². The third kappa shape index (κ3) is 4.45. The molecule has 3 rings (SSSR count). The Morgan fingerprint density at radius 2 is 1.81 bits per heavy atom. The predicted octanol–water partition coefficient (Wildman–Crippen LogP) is 3.38. The Labute approximate surface area is 158 Å². The second-order valence-corrected chi connectivity index (χ2v) is 7.00. The number of rotatable bonds is 4. The SMILES string of the molecule is CN(C)c1ccccc1NC(=O)C1CCCN(C(=O)c2ccc(F)cc2)C1. The van der Waals surface area contributed by atoms with Crippen molar-refractivity contribution in [2.75, 3.05) is 37.4 Å². The Bertz CT molecular complexity index is 820. The lowest BCUT2D eigenvalue weighted by Crippen LogP contribution is -2.43. The van der Waals surface area contributed by atoms with Gasteiger partial charge in [0.05, 0.1) is 17.3 Å². The van der Waals surface area contributed by atoms with Crippen LogP contribution in [-0.4, -0.2) is 43.9 Å². The van der Waals surface area contributed by atoms with Crippen LogP contribution in [0.25, 0.3) is 0 Å². The summed E-state index contributed by atoms with van der Waals surface area (Å²) in [6, 6.07) is 13.1. The molecule has 1 atom stereocenters. The van der Waals surface area contributed by atoms with Gasteiger partial charge in [-0.3, -0.25) is 9.59 Å². The zero-order chi connectivity index (χ0) is 19.4. The number of carbonyl (C=O) groups is 2. The number of amides is 2. The topological polar surface area (TPSA) is 52.7 Å². The molecule has 1 fully saturated rings. The molecule has 1 unspecified atom stereocenters. The van der Waals surface area contributed by atoms with E-state index < -0.39 is 0 Å². The average Bonchev–Trinajstić information content (AvgIpc) is 2.68. The molecule has 1 heterocycles. The minimum Gasteiger partial charge on any atom is -0.376 e. The predicted molar refractivity (Wildman–Crippen MR) is 104 cm³/mol. The van der Waals surface area contributed by atoms with E-state index in [9.17, 15) is 14.0 Å². The lowest BCUT2D eigenvalue weighted by Gasteiger charge is -2.32. The highest BCUT2D eigenvalue weighted by atomic mass is 19.1. The maximum absolute atomic E-state index is 13.1. The number of halogens is 1. The average molecular weight is 369 g/mol. The highest BCUT2D eigenvalue weighted by Crippen LogP contribution is 2.26. The Hall–Kier alpha value is -2.89. The standard InChI is InChI=1S/C21H24FN3O2/c1-24(2)19-8-4-3-7-18(19)23-20(26)16-6-5-13-25(14-16)21(27)15-9-11-17(22)12-10-15/h3-4,7-12,16H,5-6,13-14H2,1-2H3,(H,23,26). The first-order chi connectivity index (χ1) is 13.0. The zero-order valence-electron chi connectivity index (χ0n) is 15.6. The second kappa shape index (κ2) is 8.20. The van der Waals surface area contributed by atoms with Gasteiger partial charge in [-0.2, -0.15) is 0 Å². The normalized spacial score (nSPS) is 16.7. The number of hydrogen-bond donors (Lipinski definition) is 1. The summed E-state index contributed by atoms with van der Waals surface area (Å²) in [4.78, 5) is 29.0. The first-order valence-corrected chi connectivity index (χ1v) is 9.08. The number of anilines is 2. The largest absolute Gasteiger partial charge is 0.376 e. The first kappa shape index (κ1) is 18.9. The van der Waals surface area contributed by atoms with E-state index in [0.717, 1.165) is 24.2 Å². The van der Waals surface area contributed by atoms with Gasteiger partial charge in [0, 0.05) is 32.7 Å². The van der Waals surface area contributed by atoms with E-state index in [-0.39, 0.29) is 23.5 Å². The van der Waals surface area contributed by atoms with Crippen LogP contribution >= 0.6 is 0 Å². The van der Waals surface area contributed by atoms with E-state index in [0.29, 0.717) is 18.7 Å². The molecular formula is C21H24FN3O2. The van der Waals surface area contributed by atoms with Gasteiger partial charge in [0.15, 0.2) is 0 Å². The number of nitrogens with zero attached hydrogens (tertiary/aromatic N) is 2. The van der Waals surface area contributed by atoms with Crippen LogP contribution in [0.3, 0.4) is 0 Å². The smallest absolute Gasteiger partial charge is 0.253 e. The van der Waals surface area contributed by atoms with Crippen LogP contribution in [0.1, 0.15) is 23.2 Å². The van der Waals surface area contributed by atoms with Crippen molar-refractivity contribution in [1.82, 2.24) is 4.90 Å². The summed E-state index contributed by atoms with van der Waals surface area (Å²) in [7, 11) is 3.85. The number of carbonyl (C=O) groups excluding carboxylic acids is 2. The molecule has 0 aliphatic carbocycles. The Kier molecular flexibility index (Phi) is 5.74. The van der Waals surface area contributed by atoms with Gasteiger partial charge in [0.25, 0.3) is 5.91 Å². The van der Waals surface area contributed by atoms with Crippen LogP contribution in [0.4, 0.5) is 15.8 Å². The van der Waals surface area contributed by atoms with Gasteiger partial charge in [-0.1, -0.05) is 12.1 Å². The molecule has 0 radical (unpaired) electrons. The van der Waals surface area contributed by atoms with Gasteiger partial charge in [-0.25, -0.2) is 4.39 Å². The van der Waals surface area contributed by atoms with Crippen molar-refractivity contribution in [2.24, 2.45) is 5.92 Å². The van der Waals surface area contributed by atoms with Gasteiger partial charge < -0.3 is 15.1 Å². The summed E-state index contributed by atoms with van der Waals surface area (Å²) in [6.07, 6.45) is 1.50. The number of nitrogens with one attached hydrogen (secondary N) is 1. The Morgan fingerprint density at radius 3 is 2.52 bits per heavy atom. The molecule has 142 valence electrons. The molecule has 1 N–H and O–H groups in total. The summed E-state index contributed by atoms with van der Waals surface area (Å²) < 4.78 is 13.1. The van der Waals surface area contributed by atoms with Gasteiger partial charge in [0.2, 0.25) is 5.91 Å². The molecule has 6 heteroatoms. The summed E-state index contributed by atoms with van der Waals surface area (Å²) in [5, 5.41) is 3.00. The highest BCUT2D eigenvalue weighted by molar-refractivity contribution is 5.97. The van der Waals surface area contributed by atoms with Crippen molar-refractivity contribution >= 4 is 23.2 Å². The van der Waals surface area contributed by atoms with Crippen LogP contribution in [0, 0.1) is 11.7 Å². The number of likely N-dealkylation sites (tertiary alicyclic amines) is 1. The lowest BCUT2D eigenvalue weighted by atomic mass is 9.96. The van der Waals surface area contributed by atoms with Crippen molar-refractivity contribution in [1.29, 1.82) is 0 Å². The summed E-state index contributed by atoms with van der Waals surface area (Å²) >= 11 is 0. The molecule has 27 heavy (non-hydrogen) atoms. The van der Waals surface area contributed by atoms with Crippen LogP contribution in [-0.2, 0) is 4.79 Å². The van der Waals surface area contributed by atoms with Crippen molar-refractivity contribution in [3.05, 3.63) is 59.9 Å². The van der Waals surface area contributed by atoms with Gasteiger partial charge in [0.1, 0.15) is 5.82 Å². The van der Waals surface area contributed by atoms with E-state index in [1.165, 1.54) is 24.3 Å². The maximum Gasteiger partial charge on any atom is 0.253 e. The van der Waals surface area contributed by atoms with Gasteiger partial charge in [-0.05, 0) is 49.2 Å². The fourth-order valence-corrected chi connectivity index (χ4v) is 3.35. The molecular weight excluding hydrogens is 345 g/mol. The Balaban J connectivity index is 1.68. The minimum absolute atomic E-state index is 0.0825. The molecule has 0 bridgehead atoms. The van der Waals surface area contributed by atoms with Gasteiger partial charge in [-0.15, -0.1) is 0 Å². The zero-order valence-corrected chi connectivity index (χ0v) is 15.6. The molecule has 5 nitrogen and oxygen atoms in total. The number of para-hydroxylation sites is 2. The fraction of sp³-hybridized carbons (Fsp3) is 0.333. The van der Waals surface area contributed by atoms with Crippen LogP contribution in [0.2, 0.25) is 0 Å². The Morgan fingerprint density at radius 1 is 1.11 bits per heavy atom. The number of piperidine rings is 1. The maximum atomic E-state index is 13.1. The van der Waals surface area contributed by atoms with Crippen LogP contribution in [0.5, 0.6) is 0 Å². The third-order valence-electron chi connectivity index (χ3n) is 4.81. The summed E-state index contributed by atoms with van der Waals surface area (Å²) in [5.41, 5.74) is 2.13. The summed E-state index contributed by atoms with van der Waals surface area (Å²) in [6.45, 7) is 0.973. The fourth-order valence-electron chi connectivity index (χ4n) is 3.35. The summed E-state index contributed by atoms with van der Waals surface area (Å²) in [5.74, 6) is -0.887. The van der Waals surface area contributed by atoms with E-state index in [1.54, 1.807) is 4.90 Å². The quantitative estimate of drug-likeness (QED) is 0.899. The third-order valence-corrected chi connectivity index (χ3v) is 4.81. The number of hydrogen-bond acceptors (Lipinski definition) is 3. The molecule has 1 aliphatic rings. The van der Waals surface area contributed by atoms with E-state index in [4.69, 9.17) is 0 Å². The molecule has 2 aromatic carbocycles. The highest BCUT2D eigenvalue weighted by Gasteiger charge is 2.29. The molecule has 1 saturated heterocycles. The van der Waals surface area contributed by atoms with Crippen LogP contribution < -0.4 is 10.2 Å². The first-order valence-electron chi connectivity index (χ1n) is 9.08. The van der Waals surface area contributed by atoms with E-state index >= 15 is 0 Å². The molecule has 0 aromatic heterocycles. The van der Waals surface area contributed by atoms with Crippen molar-refractivity contribution in [3.63, 3.8) is 0 Å². The molecule has 0 spiro atoms. The second-order valence-electron chi connectivity index (χ2n) is 7.00. The van der Waals surface area contributed by atoms with Gasteiger partial charge >= 0.3 is 0 Å². The lowest BCUT2D eigenvalue weighted by molar-refractivity contribution is -0.121. The monoisotopic (exact) mass is 369 g/mol. The molecule has 2 aromatic rings. The van der Waals surface area contributed by atoms with Crippen molar-refractivity contribution < 1.29 is 14.0 Å². The molecule has 0 saturated carbocycles. The minimum atomic E-state index is -0.373. The van der Waals surface area contributed by atoms with E-state index in [1.807, 2.05) is 43.3 Å². The number of benzene rings is 2.